The molecule has 0 bridgehead atoms. The number of halogens is 1. The minimum absolute atomic E-state index is 0.113. The van der Waals surface area contributed by atoms with Gasteiger partial charge in [-0.25, -0.2) is 9.78 Å². The average molecular weight is 387 g/mol. The lowest BCUT2D eigenvalue weighted by Crippen LogP contribution is -2.50. The highest BCUT2D eigenvalue weighted by Gasteiger charge is 2.23. The molecule has 7 heteroatoms. The summed E-state index contributed by atoms with van der Waals surface area (Å²) in [5.41, 5.74) is 2.92. The van der Waals surface area contributed by atoms with Crippen molar-refractivity contribution in [3.05, 3.63) is 53.1 Å². The Morgan fingerprint density at radius 1 is 1.15 bits per heavy atom. The van der Waals surface area contributed by atoms with Gasteiger partial charge in [0.05, 0.1) is 20.9 Å². The lowest BCUT2D eigenvalue weighted by Gasteiger charge is -2.34. The second-order valence-electron chi connectivity index (χ2n) is 6.35. The van der Waals surface area contributed by atoms with Gasteiger partial charge in [-0.1, -0.05) is 41.1 Å². The van der Waals surface area contributed by atoms with E-state index in [-0.39, 0.29) is 6.03 Å². The Morgan fingerprint density at radius 3 is 2.69 bits per heavy atom. The summed E-state index contributed by atoms with van der Waals surface area (Å²) >= 11 is 7.82. The van der Waals surface area contributed by atoms with Gasteiger partial charge in [-0.3, -0.25) is 0 Å². The topological polar surface area (TPSA) is 48.5 Å². The second-order valence-corrected chi connectivity index (χ2v) is 7.77. The first-order chi connectivity index (χ1) is 12.6. The summed E-state index contributed by atoms with van der Waals surface area (Å²) < 4.78 is 1.21. The van der Waals surface area contributed by atoms with E-state index < -0.39 is 0 Å². The molecule has 3 aromatic rings. The molecule has 0 unspecified atom stereocenters. The third kappa shape index (κ3) is 3.48. The van der Waals surface area contributed by atoms with E-state index in [0.717, 1.165) is 23.7 Å². The van der Waals surface area contributed by atoms with Crippen molar-refractivity contribution < 1.29 is 4.79 Å². The van der Waals surface area contributed by atoms with Crippen molar-refractivity contribution in [2.75, 3.05) is 36.4 Å². The first-order valence-corrected chi connectivity index (χ1v) is 9.72. The summed E-state index contributed by atoms with van der Waals surface area (Å²) in [6.07, 6.45) is 0. The van der Waals surface area contributed by atoms with Gasteiger partial charge in [0.25, 0.3) is 0 Å². The van der Waals surface area contributed by atoms with Crippen LogP contribution in [0.3, 0.4) is 0 Å². The molecule has 0 radical (unpaired) electrons. The van der Waals surface area contributed by atoms with Crippen LogP contribution in [0, 0.1) is 6.92 Å². The molecule has 134 valence electrons. The van der Waals surface area contributed by atoms with Crippen LogP contribution in [-0.2, 0) is 0 Å². The average Bonchev–Trinajstić information content (AvgIpc) is 3.07. The number of thiazole rings is 1. The molecule has 0 saturated carbocycles. The van der Waals surface area contributed by atoms with Crippen LogP contribution in [0.4, 0.5) is 15.6 Å². The predicted molar refractivity (Wildman–Crippen MR) is 109 cm³/mol. The van der Waals surface area contributed by atoms with Gasteiger partial charge in [0.15, 0.2) is 5.13 Å². The van der Waals surface area contributed by atoms with Crippen molar-refractivity contribution in [2.45, 2.75) is 6.92 Å². The molecule has 1 saturated heterocycles. The normalized spacial score (nSPS) is 14.7. The quantitative estimate of drug-likeness (QED) is 0.699. The van der Waals surface area contributed by atoms with E-state index in [1.165, 1.54) is 10.3 Å². The van der Waals surface area contributed by atoms with Crippen LogP contribution >= 0.6 is 22.9 Å². The fourth-order valence-electron chi connectivity index (χ4n) is 3.01. The molecule has 2 aromatic carbocycles. The zero-order valence-corrected chi connectivity index (χ0v) is 16.0. The highest BCUT2D eigenvalue weighted by Crippen LogP contribution is 2.30. The Hall–Kier alpha value is -2.31. The molecular weight excluding hydrogens is 368 g/mol. The van der Waals surface area contributed by atoms with Crippen molar-refractivity contribution in [1.82, 2.24) is 9.88 Å². The Morgan fingerprint density at radius 2 is 1.92 bits per heavy atom. The highest BCUT2D eigenvalue weighted by atomic mass is 35.5. The molecule has 0 aliphatic carbocycles. The van der Waals surface area contributed by atoms with Crippen LogP contribution in [0.5, 0.6) is 0 Å². The van der Waals surface area contributed by atoms with Gasteiger partial charge < -0.3 is 15.1 Å². The number of carbonyl (C=O) groups excluding carboxylic acids is 1. The number of piperazine rings is 1. The third-order valence-corrected chi connectivity index (χ3v) is 5.89. The minimum Gasteiger partial charge on any atom is -0.345 e. The lowest BCUT2D eigenvalue weighted by molar-refractivity contribution is 0.208. The number of fused-ring (bicyclic) bond motifs is 1. The van der Waals surface area contributed by atoms with Gasteiger partial charge in [0.2, 0.25) is 0 Å². The number of para-hydroxylation sites is 1. The predicted octanol–water partition coefficient (Wildman–Crippen LogP) is 4.61. The number of nitrogens with zero attached hydrogens (tertiary/aromatic N) is 3. The monoisotopic (exact) mass is 386 g/mol. The summed E-state index contributed by atoms with van der Waals surface area (Å²) in [5, 5.41) is 4.46. The largest absolute Gasteiger partial charge is 0.345 e. The van der Waals surface area contributed by atoms with Crippen LogP contribution in [0.2, 0.25) is 5.02 Å². The van der Waals surface area contributed by atoms with Gasteiger partial charge in [0, 0.05) is 26.2 Å². The number of nitrogens with one attached hydrogen (secondary N) is 1. The molecule has 1 aliphatic rings. The van der Waals surface area contributed by atoms with Crippen LogP contribution in [0.15, 0.2) is 42.5 Å². The molecule has 0 spiro atoms. The molecule has 1 N–H and O–H groups in total. The zero-order chi connectivity index (χ0) is 18.1. The molecule has 2 heterocycles. The van der Waals surface area contributed by atoms with Crippen LogP contribution in [0.1, 0.15) is 5.56 Å². The molecule has 2 amide bonds. The number of aryl methyl sites for hydroxylation is 1. The second kappa shape index (κ2) is 7.13. The molecule has 4 rings (SSSR count). The van der Waals surface area contributed by atoms with Gasteiger partial charge in [-0.05, 0) is 36.8 Å². The maximum Gasteiger partial charge on any atom is 0.322 e. The molecule has 26 heavy (non-hydrogen) atoms. The van der Waals surface area contributed by atoms with Gasteiger partial charge in [0.1, 0.15) is 0 Å². The number of urea groups is 1. The zero-order valence-electron chi connectivity index (χ0n) is 14.4. The van der Waals surface area contributed by atoms with Crippen molar-refractivity contribution in [2.24, 2.45) is 0 Å². The van der Waals surface area contributed by atoms with Crippen LogP contribution < -0.4 is 10.2 Å². The summed E-state index contributed by atoms with van der Waals surface area (Å²) in [5.74, 6) is 0. The van der Waals surface area contributed by atoms with E-state index >= 15 is 0 Å². The summed E-state index contributed by atoms with van der Waals surface area (Å²) in [6, 6.07) is 13.5. The minimum atomic E-state index is -0.113. The Labute approximate surface area is 161 Å². The van der Waals surface area contributed by atoms with Crippen molar-refractivity contribution in [3.8, 4) is 0 Å². The summed E-state index contributed by atoms with van der Waals surface area (Å²) in [7, 11) is 0. The van der Waals surface area contributed by atoms with Crippen molar-refractivity contribution >= 4 is 50.0 Å². The van der Waals surface area contributed by atoms with E-state index in [0.29, 0.717) is 23.8 Å². The number of anilines is 2. The maximum atomic E-state index is 12.5. The number of amides is 2. The number of aromatic nitrogens is 1. The Kier molecular flexibility index (Phi) is 4.70. The van der Waals surface area contributed by atoms with E-state index in [2.05, 4.69) is 35.3 Å². The number of rotatable bonds is 2. The number of benzene rings is 2. The summed E-state index contributed by atoms with van der Waals surface area (Å²) in [6.45, 7) is 4.95. The Balaban J connectivity index is 1.40. The fourth-order valence-corrected chi connectivity index (χ4v) is 4.31. The number of carbonyl (C=O) groups is 1. The molecular formula is C19H19ClN4OS. The summed E-state index contributed by atoms with van der Waals surface area (Å²) in [4.78, 5) is 21.3. The maximum absolute atomic E-state index is 12.5. The van der Waals surface area contributed by atoms with E-state index in [4.69, 9.17) is 16.6 Å². The van der Waals surface area contributed by atoms with E-state index in [1.54, 1.807) is 23.5 Å². The fraction of sp³-hybridized carbons (Fsp3) is 0.263. The van der Waals surface area contributed by atoms with Crippen LogP contribution in [-0.4, -0.2) is 42.1 Å². The van der Waals surface area contributed by atoms with E-state index in [9.17, 15) is 4.79 Å². The van der Waals surface area contributed by atoms with Gasteiger partial charge in [-0.2, -0.15) is 0 Å². The lowest BCUT2D eigenvalue weighted by atomic mass is 10.2. The number of hydrogen-bond donors (Lipinski definition) is 1. The first-order valence-electron chi connectivity index (χ1n) is 8.53. The SMILES string of the molecule is Cc1ccc2nc(N3CCN(C(=O)Nc4ccccc4Cl)CC3)sc2c1. The smallest absolute Gasteiger partial charge is 0.322 e. The van der Waals surface area contributed by atoms with Crippen molar-refractivity contribution in [1.29, 1.82) is 0 Å². The third-order valence-electron chi connectivity index (χ3n) is 4.49. The van der Waals surface area contributed by atoms with Gasteiger partial charge in [-0.15, -0.1) is 0 Å². The molecule has 1 aliphatic heterocycles. The highest BCUT2D eigenvalue weighted by molar-refractivity contribution is 7.22. The van der Waals surface area contributed by atoms with Crippen LogP contribution in [0.25, 0.3) is 10.2 Å². The molecule has 0 atom stereocenters. The molecule has 1 fully saturated rings. The van der Waals surface area contributed by atoms with Crippen molar-refractivity contribution in [3.63, 3.8) is 0 Å². The first kappa shape index (κ1) is 17.1. The molecule has 1 aromatic heterocycles. The molecule has 5 nitrogen and oxygen atoms in total. The van der Waals surface area contributed by atoms with Gasteiger partial charge >= 0.3 is 6.03 Å². The number of hydrogen-bond acceptors (Lipinski definition) is 4. The van der Waals surface area contributed by atoms with E-state index in [1.807, 2.05) is 17.0 Å². The Bertz CT molecular complexity index is 950. The standard InChI is InChI=1S/C19H19ClN4OS/c1-13-6-7-16-17(12-13)26-19(22-16)24-10-8-23(9-11-24)18(25)21-15-5-3-2-4-14(15)20/h2-7,12H,8-11H2,1H3,(H,21,25).